The largest absolute Gasteiger partial charge is 0.388 e. The van der Waals surface area contributed by atoms with Gasteiger partial charge in [0.05, 0.1) is 23.3 Å². The lowest BCUT2D eigenvalue weighted by molar-refractivity contribution is 0.121. The van der Waals surface area contributed by atoms with Gasteiger partial charge < -0.3 is 9.84 Å². The van der Waals surface area contributed by atoms with Gasteiger partial charge in [-0.15, -0.1) is 11.3 Å². The van der Waals surface area contributed by atoms with Crippen LogP contribution in [-0.4, -0.2) is 16.7 Å². The van der Waals surface area contributed by atoms with Crippen molar-refractivity contribution in [1.82, 2.24) is 4.98 Å². The van der Waals surface area contributed by atoms with E-state index in [1.807, 2.05) is 6.92 Å². The van der Waals surface area contributed by atoms with Crippen molar-refractivity contribution < 1.29 is 9.84 Å². The number of nitrogens with zero attached hydrogens (tertiary/aromatic N) is 1. The minimum atomic E-state index is -0.424. The monoisotopic (exact) mass is 215 g/mol. The second-order valence-corrected chi connectivity index (χ2v) is 4.40. The summed E-state index contributed by atoms with van der Waals surface area (Å²) < 4.78 is 5.38. The van der Waals surface area contributed by atoms with Crippen molar-refractivity contribution in [2.45, 2.75) is 39.9 Å². The number of aryl methyl sites for hydroxylation is 1. The third-order valence-electron chi connectivity index (χ3n) is 1.83. The number of rotatable bonds is 5. The van der Waals surface area contributed by atoms with E-state index in [2.05, 4.69) is 11.9 Å². The maximum Gasteiger partial charge on any atom is 0.119 e. The first kappa shape index (κ1) is 11.6. The third kappa shape index (κ3) is 3.04. The lowest BCUT2D eigenvalue weighted by Crippen LogP contribution is -1.93. The summed E-state index contributed by atoms with van der Waals surface area (Å²) in [4.78, 5) is 5.28. The third-order valence-corrected chi connectivity index (χ3v) is 3.13. The van der Waals surface area contributed by atoms with Gasteiger partial charge in [-0.2, -0.15) is 0 Å². The molecule has 1 aromatic rings. The number of ether oxygens (including phenoxy) is 1. The van der Waals surface area contributed by atoms with E-state index in [-0.39, 0.29) is 0 Å². The molecule has 1 heterocycles. The molecule has 0 aliphatic heterocycles. The second-order valence-electron chi connectivity index (χ2n) is 3.29. The molecule has 0 saturated carbocycles. The van der Waals surface area contributed by atoms with E-state index >= 15 is 0 Å². The second kappa shape index (κ2) is 5.44. The fourth-order valence-corrected chi connectivity index (χ4v) is 2.16. The molecule has 0 saturated heterocycles. The molecule has 0 aliphatic carbocycles. The SMILES string of the molecule is CCCOCc1nc(C)c(C(C)O)s1. The topological polar surface area (TPSA) is 42.4 Å². The van der Waals surface area contributed by atoms with E-state index in [9.17, 15) is 5.11 Å². The molecule has 0 spiro atoms. The first-order valence-electron chi connectivity index (χ1n) is 4.87. The van der Waals surface area contributed by atoms with Crippen LogP contribution in [0.2, 0.25) is 0 Å². The minimum absolute atomic E-state index is 0.424. The van der Waals surface area contributed by atoms with E-state index in [0.29, 0.717) is 6.61 Å². The van der Waals surface area contributed by atoms with Crippen molar-refractivity contribution in [3.8, 4) is 0 Å². The number of hydrogen-bond donors (Lipinski definition) is 1. The van der Waals surface area contributed by atoms with Gasteiger partial charge in [-0.05, 0) is 20.3 Å². The van der Waals surface area contributed by atoms with Crippen LogP contribution in [0.25, 0.3) is 0 Å². The van der Waals surface area contributed by atoms with Gasteiger partial charge in [0.1, 0.15) is 5.01 Å². The predicted octanol–water partition coefficient (Wildman–Crippen LogP) is 2.43. The highest BCUT2D eigenvalue weighted by Gasteiger charge is 2.11. The van der Waals surface area contributed by atoms with E-state index in [1.54, 1.807) is 6.92 Å². The zero-order valence-corrected chi connectivity index (χ0v) is 9.73. The van der Waals surface area contributed by atoms with Gasteiger partial charge >= 0.3 is 0 Å². The summed E-state index contributed by atoms with van der Waals surface area (Å²) in [6, 6.07) is 0. The van der Waals surface area contributed by atoms with E-state index in [1.165, 1.54) is 11.3 Å². The van der Waals surface area contributed by atoms with Crippen LogP contribution in [0.1, 0.15) is 42.0 Å². The Morgan fingerprint density at radius 3 is 2.79 bits per heavy atom. The summed E-state index contributed by atoms with van der Waals surface area (Å²) in [5, 5.41) is 10.4. The normalized spacial score (nSPS) is 13.1. The Balaban J connectivity index is 2.57. The highest BCUT2D eigenvalue weighted by atomic mass is 32.1. The van der Waals surface area contributed by atoms with Gasteiger partial charge in [0.2, 0.25) is 0 Å². The first-order valence-corrected chi connectivity index (χ1v) is 5.68. The van der Waals surface area contributed by atoms with Crippen LogP contribution < -0.4 is 0 Å². The van der Waals surface area contributed by atoms with Gasteiger partial charge in [0, 0.05) is 6.61 Å². The molecule has 0 fully saturated rings. The number of thiazole rings is 1. The summed E-state index contributed by atoms with van der Waals surface area (Å²) in [7, 11) is 0. The number of aliphatic hydroxyl groups is 1. The summed E-state index contributed by atoms with van der Waals surface area (Å²) in [5.41, 5.74) is 0.917. The molecule has 1 N–H and O–H groups in total. The van der Waals surface area contributed by atoms with Crippen molar-refractivity contribution in [3.05, 3.63) is 15.6 Å². The molecule has 0 radical (unpaired) electrons. The van der Waals surface area contributed by atoms with Crippen LogP contribution in [-0.2, 0) is 11.3 Å². The smallest absolute Gasteiger partial charge is 0.119 e. The van der Waals surface area contributed by atoms with Crippen LogP contribution >= 0.6 is 11.3 Å². The maximum absolute atomic E-state index is 9.42. The van der Waals surface area contributed by atoms with Crippen molar-refractivity contribution in [2.24, 2.45) is 0 Å². The van der Waals surface area contributed by atoms with Crippen LogP contribution in [0.5, 0.6) is 0 Å². The molecule has 1 unspecified atom stereocenters. The molecule has 0 amide bonds. The number of aromatic nitrogens is 1. The lowest BCUT2D eigenvalue weighted by Gasteiger charge is -1.99. The molecule has 1 aromatic heterocycles. The molecule has 3 nitrogen and oxygen atoms in total. The molecule has 0 aliphatic rings. The quantitative estimate of drug-likeness (QED) is 0.767. The van der Waals surface area contributed by atoms with Gasteiger partial charge in [-0.25, -0.2) is 4.98 Å². The lowest BCUT2D eigenvalue weighted by atomic mass is 10.3. The fraction of sp³-hybridized carbons (Fsp3) is 0.700. The highest BCUT2D eigenvalue weighted by molar-refractivity contribution is 7.11. The van der Waals surface area contributed by atoms with Crippen LogP contribution in [0.15, 0.2) is 0 Å². The maximum atomic E-state index is 9.42. The molecule has 4 heteroatoms. The van der Waals surface area contributed by atoms with Crippen molar-refractivity contribution in [2.75, 3.05) is 6.61 Å². The fourth-order valence-electron chi connectivity index (χ4n) is 1.22. The summed E-state index contributed by atoms with van der Waals surface area (Å²) in [6.45, 7) is 7.09. The van der Waals surface area contributed by atoms with Crippen molar-refractivity contribution in [1.29, 1.82) is 0 Å². The van der Waals surface area contributed by atoms with E-state index < -0.39 is 6.10 Å². The zero-order valence-electron chi connectivity index (χ0n) is 8.91. The number of hydrogen-bond acceptors (Lipinski definition) is 4. The molecule has 1 atom stereocenters. The van der Waals surface area contributed by atoms with Gasteiger partial charge in [-0.1, -0.05) is 6.92 Å². The average molecular weight is 215 g/mol. The molecular weight excluding hydrogens is 198 g/mol. The Hall–Kier alpha value is -0.450. The first-order chi connectivity index (χ1) is 6.65. The van der Waals surface area contributed by atoms with Gasteiger partial charge in [0.15, 0.2) is 0 Å². The standard InChI is InChI=1S/C10H17NO2S/c1-4-5-13-6-9-11-7(2)10(14-9)8(3)12/h8,12H,4-6H2,1-3H3. The Bertz CT molecular complexity index is 284. The van der Waals surface area contributed by atoms with Gasteiger partial charge in [0.25, 0.3) is 0 Å². The van der Waals surface area contributed by atoms with Crippen LogP contribution in [0, 0.1) is 6.92 Å². The summed E-state index contributed by atoms with van der Waals surface area (Å²) >= 11 is 1.53. The molecule has 0 aromatic carbocycles. The van der Waals surface area contributed by atoms with E-state index in [4.69, 9.17) is 4.74 Å². The molecular formula is C10H17NO2S. The summed E-state index contributed by atoms with van der Waals surface area (Å²) in [6.07, 6.45) is 0.598. The van der Waals surface area contributed by atoms with Crippen molar-refractivity contribution >= 4 is 11.3 Å². The Kier molecular flexibility index (Phi) is 4.51. The average Bonchev–Trinajstić information content (AvgIpc) is 2.47. The molecule has 0 bridgehead atoms. The Morgan fingerprint density at radius 1 is 1.57 bits per heavy atom. The van der Waals surface area contributed by atoms with Crippen LogP contribution in [0.3, 0.4) is 0 Å². The Labute approximate surface area is 88.8 Å². The van der Waals surface area contributed by atoms with Crippen LogP contribution in [0.4, 0.5) is 0 Å². The highest BCUT2D eigenvalue weighted by Crippen LogP contribution is 2.24. The van der Waals surface area contributed by atoms with Crippen molar-refractivity contribution in [3.63, 3.8) is 0 Å². The molecule has 1 rings (SSSR count). The summed E-state index contributed by atoms with van der Waals surface area (Å²) in [5.74, 6) is 0. The predicted molar refractivity (Wildman–Crippen MR) is 57.4 cm³/mol. The zero-order chi connectivity index (χ0) is 10.6. The minimum Gasteiger partial charge on any atom is -0.388 e. The molecule has 14 heavy (non-hydrogen) atoms. The molecule has 80 valence electrons. The number of aliphatic hydroxyl groups excluding tert-OH is 1. The Morgan fingerprint density at radius 2 is 2.29 bits per heavy atom. The van der Waals surface area contributed by atoms with Gasteiger partial charge in [-0.3, -0.25) is 0 Å². The van der Waals surface area contributed by atoms with E-state index in [0.717, 1.165) is 28.6 Å².